The molecule has 0 bridgehead atoms. The summed E-state index contributed by atoms with van der Waals surface area (Å²) < 4.78 is 0. The minimum atomic E-state index is 0.0491. The lowest BCUT2D eigenvalue weighted by molar-refractivity contribution is 0.218. The molecule has 0 spiro atoms. The second kappa shape index (κ2) is 7.14. The Hall–Kier alpha value is -1.75. The van der Waals surface area contributed by atoms with Crippen LogP contribution in [0.1, 0.15) is 12.0 Å². The summed E-state index contributed by atoms with van der Waals surface area (Å²) in [7, 11) is 0. The summed E-state index contributed by atoms with van der Waals surface area (Å²) in [6.45, 7) is 6.87. The van der Waals surface area contributed by atoms with Gasteiger partial charge in [0.25, 0.3) is 0 Å². The number of nitrogens with two attached hydrogens (primary N) is 1. The molecule has 1 aromatic carbocycles. The van der Waals surface area contributed by atoms with Crippen LogP contribution in [0, 0.1) is 6.92 Å². The van der Waals surface area contributed by atoms with Gasteiger partial charge in [0.05, 0.1) is 0 Å². The number of anilines is 1. The number of nitrogens with one attached hydrogen (secondary N) is 1. The highest BCUT2D eigenvalue weighted by atomic mass is 16.2. The Labute approximate surface area is 120 Å². The van der Waals surface area contributed by atoms with Crippen molar-refractivity contribution in [2.45, 2.75) is 13.3 Å². The van der Waals surface area contributed by atoms with Gasteiger partial charge < -0.3 is 20.9 Å². The van der Waals surface area contributed by atoms with E-state index in [0.29, 0.717) is 6.54 Å². The molecule has 110 valence electrons. The van der Waals surface area contributed by atoms with Crippen LogP contribution in [0.3, 0.4) is 0 Å². The fourth-order valence-corrected chi connectivity index (χ4v) is 2.44. The normalized spacial score (nSPS) is 14.5. The molecule has 1 fully saturated rings. The Morgan fingerprint density at radius 1 is 1.40 bits per heavy atom. The summed E-state index contributed by atoms with van der Waals surface area (Å²) in [5.74, 6) is 0. The minimum Gasteiger partial charge on any atom is -0.370 e. The van der Waals surface area contributed by atoms with Gasteiger partial charge >= 0.3 is 6.03 Å². The first-order valence-electron chi connectivity index (χ1n) is 7.25. The van der Waals surface area contributed by atoms with E-state index in [-0.39, 0.29) is 6.03 Å². The predicted molar refractivity (Wildman–Crippen MR) is 82.0 cm³/mol. The summed E-state index contributed by atoms with van der Waals surface area (Å²) in [6.07, 6.45) is 0.958. The first kappa shape index (κ1) is 14.7. The van der Waals surface area contributed by atoms with Crippen LogP contribution in [0.2, 0.25) is 0 Å². The van der Waals surface area contributed by atoms with Crippen LogP contribution in [0.25, 0.3) is 0 Å². The van der Waals surface area contributed by atoms with Gasteiger partial charge in [0.1, 0.15) is 0 Å². The summed E-state index contributed by atoms with van der Waals surface area (Å²) in [5.41, 5.74) is 8.08. The number of urea groups is 1. The van der Waals surface area contributed by atoms with E-state index >= 15 is 0 Å². The van der Waals surface area contributed by atoms with Crippen LogP contribution >= 0.6 is 0 Å². The fourth-order valence-electron chi connectivity index (χ4n) is 2.44. The van der Waals surface area contributed by atoms with Crippen molar-refractivity contribution in [2.75, 3.05) is 44.2 Å². The zero-order chi connectivity index (χ0) is 14.4. The van der Waals surface area contributed by atoms with Crippen LogP contribution in [0.4, 0.5) is 10.5 Å². The smallest absolute Gasteiger partial charge is 0.317 e. The van der Waals surface area contributed by atoms with E-state index in [2.05, 4.69) is 41.4 Å². The highest BCUT2D eigenvalue weighted by molar-refractivity contribution is 5.76. The largest absolute Gasteiger partial charge is 0.370 e. The maximum atomic E-state index is 11.6. The molecule has 5 nitrogen and oxygen atoms in total. The van der Waals surface area contributed by atoms with Gasteiger partial charge in [-0.2, -0.15) is 0 Å². The summed E-state index contributed by atoms with van der Waals surface area (Å²) in [5, 5.41) is 2.83. The predicted octanol–water partition coefficient (Wildman–Crippen LogP) is 1.18. The number of hydrogen-bond acceptors (Lipinski definition) is 3. The molecule has 0 aliphatic carbocycles. The van der Waals surface area contributed by atoms with Crippen molar-refractivity contribution < 1.29 is 4.79 Å². The maximum absolute atomic E-state index is 11.6. The molecule has 1 aliphatic rings. The average molecular weight is 276 g/mol. The lowest BCUT2D eigenvalue weighted by Gasteiger charge is -2.27. The molecule has 2 rings (SSSR count). The molecule has 5 heteroatoms. The van der Waals surface area contributed by atoms with E-state index in [0.717, 1.165) is 39.1 Å². The van der Waals surface area contributed by atoms with E-state index in [1.807, 2.05) is 4.90 Å². The van der Waals surface area contributed by atoms with Crippen LogP contribution in [0.15, 0.2) is 24.3 Å². The molecule has 20 heavy (non-hydrogen) atoms. The van der Waals surface area contributed by atoms with Crippen molar-refractivity contribution in [3.8, 4) is 0 Å². The second-order valence-corrected chi connectivity index (χ2v) is 5.19. The molecular weight excluding hydrogens is 252 g/mol. The van der Waals surface area contributed by atoms with Crippen molar-refractivity contribution in [1.29, 1.82) is 0 Å². The van der Waals surface area contributed by atoms with E-state index in [1.54, 1.807) is 0 Å². The number of nitrogens with zero attached hydrogens (tertiary/aromatic N) is 2. The molecule has 2 amide bonds. The third kappa shape index (κ3) is 3.87. The molecule has 0 saturated carbocycles. The van der Waals surface area contributed by atoms with Crippen molar-refractivity contribution >= 4 is 11.7 Å². The average Bonchev–Trinajstić information content (AvgIpc) is 2.84. The van der Waals surface area contributed by atoms with Crippen molar-refractivity contribution in [3.05, 3.63) is 29.8 Å². The fraction of sp³-hybridized carbons (Fsp3) is 0.533. The number of carbonyl (C=O) groups excluding carboxylic acids is 1. The standard InChI is InChI=1S/C15H24N4O/c1-13-4-2-5-14(12-13)18(8-3-6-16)10-11-19-9-7-17-15(19)20/h2,4-5,12H,3,6-11,16H2,1H3,(H,17,20). The molecule has 1 heterocycles. The molecular formula is C15H24N4O. The van der Waals surface area contributed by atoms with Gasteiger partial charge in [-0.25, -0.2) is 4.79 Å². The van der Waals surface area contributed by atoms with Crippen molar-refractivity contribution in [3.63, 3.8) is 0 Å². The van der Waals surface area contributed by atoms with Crippen LogP contribution < -0.4 is 16.0 Å². The van der Waals surface area contributed by atoms with Crippen LogP contribution in [-0.2, 0) is 0 Å². The van der Waals surface area contributed by atoms with Gasteiger partial charge in [0.2, 0.25) is 0 Å². The van der Waals surface area contributed by atoms with E-state index in [4.69, 9.17) is 5.73 Å². The van der Waals surface area contributed by atoms with E-state index in [1.165, 1.54) is 11.3 Å². The maximum Gasteiger partial charge on any atom is 0.317 e. The van der Waals surface area contributed by atoms with Crippen LogP contribution in [0.5, 0.6) is 0 Å². The summed E-state index contributed by atoms with van der Waals surface area (Å²) in [4.78, 5) is 15.7. The quantitative estimate of drug-likeness (QED) is 0.786. The van der Waals surface area contributed by atoms with E-state index in [9.17, 15) is 4.79 Å². The first-order valence-corrected chi connectivity index (χ1v) is 7.25. The second-order valence-electron chi connectivity index (χ2n) is 5.19. The molecule has 3 N–H and O–H groups in total. The monoisotopic (exact) mass is 276 g/mol. The van der Waals surface area contributed by atoms with Gasteiger partial charge in [-0.1, -0.05) is 12.1 Å². The molecule has 1 aliphatic heterocycles. The summed E-state index contributed by atoms with van der Waals surface area (Å²) in [6, 6.07) is 8.52. The number of rotatable bonds is 7. The Bertz CT molecular complexity index is 449. The number of benzene rings is 1. The Kier molecular flexibility index (Phi) is 5.24. The Balaban J connectivity index is 1.97. The molecule has 0 aromatic heterocycles. The molecule has 0 atom stereocenters. The third-order valence-electron chi connectivity index (χ3n) is 3.58. The molecule has 0 radical (unpaired) electrons. The van der Waals surface area contributed by atoms with E-state index < -0.39 is 0 Å². The Morgan fingerprint density at radius 2 is 2.25 bits per heavy atom. The SMILES string of the molecule is Cc1cccc(N(CCCN)CCN2CCNC2=O)c1. The number of hydrogen-bond donors (Lipinski definition) is 2. The number of aryl methyl sites for hydroxylation is 1. The Morgan fingerprint density at radius 3 is 2.90 bits per heavy atom. The minimum absolute atomic E-state index is 0.0491. The van der Waals surface area contributed by atoms with Gasteiger partial charge in [-0.15, -0.1) is 0 Å². The topological polar surface area (TPSA) is 61.6 Å². The van der Waals surface area contributed by atoms with Gasteiger partial charge in [0.15, 0.2) is 0 Å². The number of amides is 2. The van der Waals surface area contributed by atoms with Gasteiger partial charge in [-0.3, -0.25) is 0 Å². The molecule has 0 unspecified atom stereocenters. The lowest BCUT2D eigenvalue weighted by Crippen LogP contribution is -2.38. The first-order chi connectivity index (χ1) is 9.70. The van der Waals surface area contributed by atoms with Gasteiger partial charge in [-0.05, 0) is 37.6 Å². The lowest BCUT2D eigenvalue weighted by atomic mass is 10.2. The zero-order valence-corrected chi connectivity index (χ0v) is 12.1. The van der Waals surface area contributed by atoms with Crippen molar-refractivity contribution in [2.24, 2.45) is 5.73 Å². The third-order valence-corrected chi connectivity index (χ3v) is 3.58. The zero-order valence-electron chi connectivity index (χ0n) is 12.1. The highest BCUT2D eigenvalue weighted by Crippen LogP contribution is 2.16. The highest BCUT2D eigenvalue weighted by Gasteiger charge is 2.19. The van der Waals surface area contributed by atoms with Crippen LogP contribution in [-0.4, -0.2) is 50.2 Å². The summed E-state index contributed by atoms with van der Waals surface area (Å²) >= 11 is 0. The molecule has 1 saturated heterocycles. The number of carbonyl (C=O) groups is 1. The molecule has 1 aromatic rings. The van der Waals surface area contributed by atoms with Crippen molar-refractivity contribution in [1.82, 2.24) is 10.2 Å². The van der Waals surface area contributed by atoms with Gasteiger partial charge in [0, 0.05) is 38.4 Å².